The number of aromatic nitrogens is 5. The monoisotopic (exact) mass is 437 g/mol. The first-order chi connectivity index (χ1) is 15.0. The third kappa shape index (κ3) is 4.20. The molecule has 0 bridgehead atoms. The number of carbonyl (C=O) groups is 1. The van der Waals surface area contributed by atoms with Crippen molar-refractivity contribution in [3.63, 3.8) is 0 Å². The Labute approximate surface area is 183 Å². The minimum Gasteiger partial charge on any atom is -0.489 e. The molecule has 0 radical (unpaired) electrons. The van der Waals surface area contributed by atoms with Crippen molar-refractivity contribution < 1.29 is 9.53 Å². The highest BCUT2D eigenvalue weighted by molar-refractivity contribution is 6.16. The quantitative estimate of drug-likeness (QED) is 0.325. The standard InChI is InChI=1S/C22H20ClN5O3/c1-14(2)31-20-8-7-15(19(29)13-27-10-9-24-26-27)11-18(20)28-21(12-23)25-17-6-4-3-5-16(17)22(28)30/h3-11,14H,12-13H2,1-2H3. The molecule has 31 heavy (non-hydrogen) atoms. The largest absolute Gasteiger partial charge is 0.489 e. The van der Waals surface area contributed by atoms with E-state index in [4.69, 9.17) is 16.3 Å². The molecular weight excluding hydrogens is 418 g/mol. The maximum atomic E-state index is 13.4. The van der Waals surface area contributed by atoms with Crippen LogP contribution in [0, 0.1) is 0 Å². The molecule has 0 spiro atoms. The molecule has 0 saturated heterocycles. The van der Waals surface area contributed by atoms with Gasteiger partial charge in [0, 0.05) is 11.8 Å². The predicted molar refractivity (Wildman–Crippen MR) is 117 cm³/mol. The molecule has 0 aliphatic carbocycles. The Bertz CT molecular complexity index is 1300. The fraction of sp³-hybridized carbons (Fsp3) is 0.227. The third-order valence-electron chi connectivity index (χ3n) is 4.63. The fourth-order valence-electron chi connectivity index (χ4n) is 3.29. The lowest BCUT2D eigenvalue weighted by Crippen LogP contribution is -2.25. The first-order valence-electron chi connectivity index (χ1n) is 9.73. The summed E-state index contributed by atoms with van der Waals surface area (Å²) in [6.45, 7) is 3.80. The van der Waals surface area contributed by atoms with Crippen LogP contribution in [0.25, 0.3) is 16.6 Å². The van der Waals surface area contributed by atoms with Crippen molar-refractivity contribution in [2.24, 2.45) is 0 Å². The number of ketones is 1. The van der Waals surface area contributed by atoms with Crippen molar-refractivity contribution in [1.29, 1.82) is 0 Å². The molecular formula is C22H20ClN5O3. The summed E-state index contributed by atoms with van der Waals surface area (Å²) >= 11 is 6.16. The summed E-state index contributed by atoms with van der Waals surface area (Å²) in [5, 5.41) is 8.00. The molecule has 4 rings (SSSR count). The van der Waals surface area contributed by atoms with Gasteiger partial charge in [-0.25, -0.2) is 9.67 Å². The van der Waals surface area contributed by atoms with E-state index < -0.39 is 0 Å². The SMILES string of the molecule is CC(C)Oc1ccc(C(=O)Cn2ccnn2)cc1-n1c(CCl)nc2ccccc2c1=O. The number of hydrogen-bond acceptors (Lipinski definition) is 6. The number of hydrogen-bond donors (Lipinski definition) is 0. The molecule has 0 amide bonds. The average Bonchev–Trinajstić information content (AvgIpc) is 3.27. The van der Waals surface area contributed by atoms with E-state index in [2.05, 4.69) is 15.3 Å². The molecule has 2 aromatic heterocycles. The Kier molecular flexibility index (Phi) is 5.81. The molecule has 158 valence electrons. The number of para-hydroxylation sites is 1. The van der Waals surface area contributed by atoms with Gasteiger partial charge in [0.2, 0.25) is 0 Å². The summed E-state index contributed by atoms with van der Waals surface area (Å²) in [7, 11) is 0. The van der Waals surface area contributed by atoms with E-state index in [1.54, 1.807) is 42.6 Å². The van der Waals surface area contributed by atoms with Crippen molar-refractivity contribution >= 4 is 28.3 Å². The lowest BCUT2D eigenvalue weighted by Gasteiger charge is -2.19. The molecule has 0 aliphatic rings. The molecule has 2 aromatic carbocycles. The van der Waals surface area contributed by atoms with E-state index in [0.29, 0.717) is 33.7 Å². The Hall–Kier alpha value is -3.52. The van der Waals surface area contributed by atoms with Crippen LogP contribution < -0.4 is 10.3 Å². The van der Waals surface area contributed by atoms with Gasteiger partial charge in [0.25, 0.3) is 5.56 Å². The summed E-state index contributed by atoms with van der Waals surface area (Å²) in [4.78, 5) is 30.8. The summed E-state index contributed by atoms with van der Waals surface area (Å²) in [5.74, 6) is 0.646. The highest BCUT2D eigenvalue weighted by Crippen LogP contribution is 2.27. The topological polar surface area (TPSA) is 91.9 Å². The van der Waals surface area contributed by atoms with Gasteiger partial charge in [-0.1, -0.05) is 17.3 Å². The molecule has 0 aliphatic heterocycles. The van der Waals surface area contributed by atoms with Crippen LogP contribution in [0.5, 0.6) is 5.75 Å². The number of Topliss-reactive ketones (excluding diaryl/α,β-unsaturated/α-hetero) is 1. The highest BCUT2D eigenvalue weighted by atomic mass is 35.5. The molecule has 4 aromatic rings. The second-order valence-corrected chi connectivity index (χ2v) is 7.46. The number of fused-ring (bicyclic) bond motifs is 1. The second kappa shape index (κ2) is 8.69. The Balaban J connectivity index is 1.90. The average molecular weight is 438 g/mol. The van der Waals surface area contributed by atoms with Gasteiger partial charge in [-0.3, -0.25) is 14.2 Å². The van der Waals surface area contributed by atoms with E-state index in [9.17, 15) is 9.59 Å². The number of rotatable bonds is 7. The van der Waals surface area contributed by atoms with Crippen molar-refractivity contribution in [3.8, 4) is 11.4 Å². The van der Waals surface area contributed by atoms with Gasteiger partial charge in [0.1, 0.15) is 18.1 Å². The maximum absolute atomic E-state index is 13.4. The van der Waals surface area contributed by atoms with Crippen LogP contribution in [0.1, 0.15) is 30.0 Å². The normalized spacial score (nSPS) is 11.2. The summed E-state index contributed by atoms with van der Waals surface area (Å²) in [6, 6.07) is 12.0. The molecule has 2 heterocycles. The zero-order valence-electron chi connectivity index (χ0n) is 17.0. The minimum absolute atomic E-state index is 0.0122. The number of benzene rings is 2. The summed E-state index contributed by atoms with van der Waals surface area (Å²) in [5.41, 5.74) is 1.10. The number of ether oxygens (including phenoxy) is 1. The number of carbonyl (C=O) groups excluding carboxylic acids is 1. The first kappa shape index (κ1) is 20.7. The van der Waals surface area contributed by atoms with Gasteiger partial charge in [-0.2, -0.15) is 0 Å². The van der Waals surface area contributed by atoms with Gasteiger partial charge < -0.3 is 4.74 Å². The van der Waals surface area contributed by atoms with Crippen LogP contribution in [0.2, 0.25) is 0 Å². The van der Waals surface area contributed by atoms with E-state index in [-0.39, 0.29) is 29.9 Å². The third-order valence-corrected chi connectivity index (χ3v) is 4.87. The minimum atomic E-state index is -0.282. The van der Waals surface area contributed by atoms with Crippen molar-refractivity contribution in [2.45, 2.75) is 32.4 Å². The molecule has 0 unspecified atom stereocenters. The van der Waals surface area contributed by atoms with Gasteiger partial charge in [0.15, 0.2) is 5.78 Å². The molecule has 0 N–H and O–H groups in total. The first-order valence-corrected chi connectivity index (χ1v) is 10.3. The lowest BCUT2D eigenvalue weighted by molar-refractivity contribution is 0.0967. The Morgan fingerprint density at radius 3 is 2.71 bits per heavy atom. The zero-order valence-corrected chi connectivity index (χ0v) is 17.8. The molecule has 0 atom stereocenters. The van der Waals surface area contributed by atoms with Crippen molar-refractivity contribution in [1.82, 2.24) is 24.5 Å². The van der Waals surface area contributed by atoms with Crippen molar-refractivity contribution in [2.75, 3.05) is 0 Å². The zero-order chi connectivity index (χ0) is 22.0. The summed E-state index contributed by atoms with van der Waals surface area (Å²) in [6.07, 6.45) is 2.98. The number of alkyl halides is 1. The van der Waals surface area contributed by atoms with Gasteiger partial charge >= 0.3 is 0 Å². The smallest absolute Gasteiger partial charge is 0.266 e. The second-order valence-electron chi connectivity index (χ2n) is 7.19. The van der Waals surface area contributed by atoms with Crippen LogP contribution in [0.4, 0.5) is 0 Å². The van der Waals surface area contributed by atoms with Crippen molar-refractivity contribution in [3.05, 3.63) is 76.6 Å². The van der Waals surface area contributed by atoms with Crippen LogP contribution in [-0.2, 0) is 12.4 Å². The summed E-state index contributed by atoms with van der Waals surface area (Å²) < 4.78 is 8.79. The van der Waals surface area contributed by atoms with Crippen LogP contribution in [0.15, 0.2) is 59.7 Å². The number of nitrogens with zero attached hydrogens (tertiary/aromatic N) is 5. The van der Waals surface area contributed by atoms with E-state index in [1.165, 1.54) is 15.4 Å². The van der Waals surface area contributed by atoms with E-state index in [0.717, 1.165) is 0 Å². The molecule has 0 fully saturated rings. The Morgan fingerprint density at radius 2 is 2.00 bits per heavy atom. The van der Waals surface area contributed by atoms with Gasteiger partial charge in [-0.05, 0) is 44.2 Å². The molecule has 9 heteroatoms. The van der Waals surface area contributed by atoms with E-state index >= 15 is 0 Å². The van der Waals surface area contributed by atoms with Crippen LogP contribution in [0.3, 0.4) is 0 Å². The van der Waals surface area contributed by atoms with Gasteiger partial charge in [0.05, 0.1) is 34.8 Å². The Morgan fingerprint density at radius 1 is 1.19 bits per heavy atom. The van der Waals surface area contributed by atoms with Crippen LogP contribution in [-0.4, -0.2) is 36.4 Å². The van der Waals surface area contributed by atoms with Gasteiger partial charge in [-0.15, -0.1) is 16.7 Å². The number of halogens is 1. The predicted octanol–water partition coefficient (Wildman–Crippen LogP) is 3.39. The molecule has 0 saturated carbocycles. The maximum Gasteiger partial charge on any atom is 0.266 e. The molecule has 8 nitrogen and oxygen atoms in total. The highest BCUT2D eigenvalue weighted by Gasteiger charge is 2.19. The fourth-order valence-corrected chi connectivity index (χ4v) is 3.47. The lowest BCUT2D eigenvalue weighted by atomic mass is 10.1. The van der Waals surface area contributed by atoms with Crippen LogP contribution >= 0.6 is 11.6 Å². The van der Waals surface area contributed by atoms with E-state index in [1.807, 2.05) is 19.9 Å².